The highest BCUT2D eigenvalue weighted by atomic mass is 79.9. The third-order valence-electron chi connectivity index (χ3n) is 3.17. The lowest BCUT2D eigenvalue weighted by atomic mass is 10.2. The number of ether oxygens (including phenoxy) is 3. The van der Waals surface area contributed by atoms with Crippen molar-refractivity contribution in [1.82, 2.24) is 5.43 Å². The maximum Gasteiger partial charge on any atom is 0.277 e. The molecule has 0 saturated carbocycles. The average molecular weight is 421 g/mol. The molecule has 2 aromatic carbocycles. The maximum absolute atomic E-state index is 11.9. The van der Waals surface area contributed by atoms with Crippen LogP contribution in [-0.4, -0.2) is 31.9 Å². The van der Waals surface area contributed by atoms with Gasteiger partial charge in [-0.15, -0.1) is 0 Å². The van der Waals surface area contributed by atoms with Gasteiger partial charge in [-0.05, 0) is 44.2 Å². The lowest BCUT2D eigenvalue weighted by molar-refractivity contribution is -0.123. The minimum absolute atomic E-state index is 0.168. The van der Waals surface area contributed by atoms with E-state index in [0.29, 0.717) is 30.5 Å². The first-order chi connectivity index (χ1) is 12.6. The summed E-state index contributed by atoms with van der Waals surface area (Å²) in [6.45, 7) is 4.69. The number of hydrogen-bond donors (Lipinski definition) is 1. The Morgan fingerprint density at radius 2 is 1.69 bits per heavy atom. The van der Waals surface area contributed by atoms with Crippen molar-refractivity contribution in [3.63, 3.8) is 0 Å². The van der Waals surface area contributed by atoms with Crippen molar-refractivity contribution in [3.05, 3.63) is 52.5 Å². The molecular formula is C19H21BrN2O4. The van der Waals surface area contributed by atoms with Crippen molar-refractivity contribution in [2.24, 2.45) is 5.10 Å². The normalized spacial score (nSPS) is 10.6. The zero-order chi connectivity index (χ0) is 18.8. The Kier molecular flexibility index (Phi) is 7.95. The molecule has 1 N–H and O–H groups in total. The van der Waals surface area contributed by atoms with Gasteiger partial charge in [0, 0.05) is 10.0 Å². The van der Waals surface area contributed by atoms with E-state index in [1.165, 1.54) is 6.21 Å². The van der Waals surface area contributed by atoms with Gasteiger partial charge >= 0.3 is 0 Å². The quantitative estimate of drug-likeness (QED) is 0.494. The van der Waals surface area contributed by atoms with Crippen LogP contribution in [0.5, 0.6) is 17.2 Å². The molecular weight excluding hydrogens is 400 g/mol. The molecule has 0 fully saturated rings. The van der Waals surface area contributed by atoms with Gasteiger partial charge in [-0.2, -0.15) is 5.10 Å². The molecule has 6 nitrogen and oxygen atoms in total. The van der Waals surface area contributed by atoms with Crippen LogP contribution in [0.15, 0.2) is 52.0 Å². The summed E-state index contributed by atoms with van der Waals surface area (Å²) >= 11 is 3.40. The zero-order valence-corrected chi connectivity index (χ0v) is 16.3. The number of hydrogen-bond acceptors (Lipinski definition) is 5. The Morgan fingerprint density at radius 1 is 1.04 bits per heavy atom. The third-order valence-corrected chi connectivity index (χ3v) is 3.67. The summed E-state index contributed by atoms with van der Waals surface area (Å²) in [5.41, 5.74) is 3.19. The van der Waals surface area contributed by atoms with Crippen LogP contribution in [0.25, 0.3) is 0 Å². The number of carbonyl (C=O) groups excluding carboxylic acids is 1. The van der Waals surface area contributed by atoms with Crippen LogP contribution in [0.2, 0.25) is 0 Å². The second kappa shape index (κ2) is 10.5. The van der Waals surface area contributed by atoms with Crippen LogP contribution in [0.4, 0.5) is 0 Å². The minimum atomic E-state index is -0.375. The summed E-state index contributed by atoms with van der Waals surface area (Å²) in [6, 6.07) is 12.8. The van der Waals surface area contributed by atoms with Crippen LogP contribution in [-0.2, 0) is 4.79 Å². The molecule has 26 heavy (non-hydrogen) atoms. The number of amides is 1. The molecule has 0 spiro atoms. The maximum atomic E-state index is 11.9. The monoisotopic (exact) mass is 420 g/mol. The first-order valence-corrected chi connectivity index (χ1v) is 9.02. The van der Waals surface area contributed by atoms with Gasteiger partial charge in [0.25, 0.3) is 5.91 Å². The molecule has 0 aliphatic carbocycles. The Hall–Kier alpha value is -2.54. The topological polar surface area (TPSA) is 69.2 Å². The summed E-state index contributed by atoms with van der Waals surface area (Å²) in [7, 11) is 0. The van der Waals surface area contributed by atoms with E-state index in [4.69, 9.17) is 14.2 Å². The minimum Gasteiger partial charge on any atom is -0.493 e. The van der Waals surface area contributed by atoms with E-state index < -0.39 is 0 Å². The van der Waals surface area contributed by atoms with Crippen molar-refractivity contribution >= 4 is 28.1 Å². The van der Waals surface area contributed by atoms with E-state index in [1.54, 1.807) is 12.1 Å². The summed E-state index contributed by atoms with van der Waals surface area (Å²) in [6.07, 6.45) is 1.53. The highest BCUT2D eigenvalue weighted by molar-refractivity contribution is 9.10. The molecule has 0 saturated heterocycles. The highest BCUT2D eigenvalue weighted by Crippen LogP contribution is 2.26. The van der Waals surface area contributed by atoms with Gasteiger partial charge in [-0.3, -0.25) is 4.79 Å². The Labute approximate surface area is 161 Å². The molecule has 0 aliphatic heterocycles. The fraction of sp³-hybridized carbons (Fsp3) is 0.263. The SMILES string of the molecule is CCOc1ccc(Br)cc1/C=N\NC(=O)COc1ccccc1OCC. The number of rotatable bonds is 9. The van der Waals surface area contributed by atoms with Crippen LogP contribution in [0.3, 0.4) is 0 Å². The van der Waals surface area contributed by atoms with Crippen molar-refractivity contribution in [3.8, 4) is 17.2 Å². The molecule has 0 heterocycles. The number of hydrazone groups is 1. The summed E-state index contributed by atoms with van der Waals surface area (Å²) in [5.74, 6) is 1.43. The molecule has 2 aromatic rings. The molecule has 0 bridgehead atoms. The second-order valence-electron chi connectivity index (χ2n) is 5.08. The largest absolute Gasteiger partial charge is 0.493 e. The van der Waals surface area contributed by atoms with Crippen molar-refractivity contribution < 1.29 is 19.0 Å². The predicted molar refractivity (Wildman–Crippen MR) is 104 cm³/mol. The Balaban J connectivity index is 1.91. The molecule has 7 heteroatoms. The zero-order valence-electron chi connectivity index (χ0n) is 14.7. The van der Waals surface area contributed by atoms with Gasteiger partial charge in [0.2, 0.25) is 0 Å². The molecule has 1 amide bonds. The van der Waals surface area contributed by atoms with Crippen LogP contribution in [0, 0.1) is 0 Å². The van der Waals surface area contributed by atoms with Gasteiger partial charge in [0.05, 0.1) is 19.4 Å². The predicted octanol–water partition coefficient (Wildman–Crippen LogP) is 3.78. The number of nitrogens with zero attached hydrogens (tertiary/aromatic N) is 1. The molecule has 138 valence electrons. The van der Waals surface area contributed by atoms with E-state index in [2.05, 4.69) is 26.5 Å². The first kappa shape index (κ1) is 19.8. The fourth-order valence-electron chi connectivity index (χ4n) is 2.10. The lowest BCUT2D eigenvalue weighted by Gasteiger charge is -2.10. The lowest BCUT2D eigenvalue weighted by Crippen LogP contribution is -2.24. The molecule has 0 aliphatic rings. The number of para-hydroxylation sites is 2. The summed E-state index contributed by atoms with van der Waals surface area (Å²) in [5, 5.41) is 3.96. The van der Waals surface area contributed by atoms with E-state index in [-0.39, 0.29) is 12.5 Å². The molecule has 0 atom stereocenters. The number of benzene rings is 2. The molecule has 2 rings (SSSR count). The van der Waals surface area contributed by atoms with Gasteiger partial charge in [0.15, 0.2) is 18.1 Å². The third kappa shape index (κ3) is 6.07. The fourth-order valence-corrected chi connectivity index (χ4v) is 2.48. The first-order valence-electron chi connectivity index (χ1n) is 8.23. The number of nitrogens with one attached hydrogen (secondary N) is 1. The number of halogens is 1. The summed E-state index contributed by atoms with van der Waals surface area (Å²) < 4.78 is 17.4. The Morgan fingerprint density at radius 3 is 2.38 bits per heavy atom. The molecule has 0 aromatic heterocycles. The van der Waals surface area contributed by atoms with Gasteiger partial charge < -0.3 is 14.2 Å². The van der Waals surface area contributed by atoms with Gasteiger partial charge in [-0.25, -0.2) is 5.43 Å². The average Bonchev–Trinajstić information content (AvgIpc) is 2.63. The van der Waals surface area contributed by atoms with E-state index in [1.807, 2.05) is 44.2 Å². The van der Waals surface area contributed by atoms with Crippen LogP contribution in [0.1, 0.15) is 19.4 Å². The Bertz CT molecular complexity index is 765. The summed E-state index contributed by atoms with van der Waals surface area (Å²) in [4.78, 5) is 11.9. The van der Waals surface area contributed by atoms with Crippen molar-refractivity contribution in [2.45, 2.75) is 13.8 Å². The van der Waals surface area contributed by atoms with Crippen molar-refractivity contribution in [1.29, 1.82) is 0 Å². The van der Waals surface area contributed by atoms with Crippen molar-refractivity contribution in [2.75, 3.05) is 19.8 Å². The van der Waals surface area contributed by atoms with Gasteiger partial charge in [0.1, 0.15) is 5.75 Å². The standard InChI is InChI=1S/C19H21BrN2O4/c1-3-24-16-10-9-15(20)11-14(16)12-21-22-19(23)13-26-18-8-6-5-7-17(18)25-4-2/h5-12H,3-4,13H2,1-2H3,(H,22,23)/b21-12-. The van der Waals surface area contributed by atoms with Gasteiger partial charge in [-0.1, -0.05) is 28.1 Å². The van der Waals surface area contributed by atoms with Crippen LogP contribution >= 0.6 is 15.9 Å². The smallest absolute Gasteiger partial charge is 0.277 e. The van der Waals surface area contributed by atoms with E-state index in [9.17, 15) is 4.79 Å². The highest BCUT2D eigenvalue weighted by Gasteiger charge is 2.07. The van der Waals surface area contributed by atoms with E-state index >= 15 is 0 Å². The van der Waals surface area contributed by atoms with E-state index in [0.717, 1.165) is 10.0 Å². The van der Waals surface area contributed by atoms with Crippen LogP contribution < -0.4 is 19.6 Å². The number of carbonyl (C=O) groups is 1. The molecule has 0 radical (unpaired) electrons. The second-order valence-corrected chi connectivity index (χ2v) is 5.99. The molecule has 0 unspecified atom stereocenters.